The monoisotopic (exact) mass is 375 g/mol. The lowest BCUT2D eigenvalue weighted by atomic mass is 9.79. The summed E-state index contributed by atoms with van der Waals surface area (Å²) in [5, 5.41) is 3.92. The normalized spacial score (nSPS) is 20.1. The number of nitrogens with one attached hydrogen (secondary N) is 1. The fourth-order valence-electron chi connectivity index (χ4n) is 3.69. The van der Waals surface area contributed by atoms with E-state index < -0.39 is 0 Å². The van der Waals surface area contributed by atoms with Crippen molar-refractivity contribution >= 4 is 29.2 Å². The maximum absolute atomic E-state index is 5.99. The van der Waals surface area contributed by atoms with Crippen LogP contribution in [0.5, 0.6) is 0 Å². The molecule has 2 heterocycles. The molecular weight excluding hydrogens is 349 g/mol. The second-order valence-electron chi connectivity index (χ2n) is 7.52. The molecule has 24 heavy (non-hydrogen) atoms. The van der Waals surface area contributed by atoms with Gasteiger partial charge in [-0.15, -0.1) is 0 Å². The molecule has 1 aromatic rings. The molecule has 1 aliphatic rings. The van der Waals surface area contributed by atoms with Crippen LogP contribution in [-0.4, -0.2) is 51.8 Å². The van der Waals surface area contributed by atoms with Crippen LogP contribution in [-0.2, 0) is 4.74 Å². The van der Waals surface area contributed by atoms with E-state index in [4.69, 9.17) is 27.9 Å². The minimum atomic E-state index is 0.0108. The lowest BCUT2D eigenvalue weighted by Gasteiger charge is -2.49. The van der Waals surface area contributed by atoms with Crippen LogP contribution in [0, 0.1) is 0 Å². The molecule has 6 nitrogen and oxygen atoms in total. The van der Waals surface area contributed by atoms with E-state index in [1.807, 2.05) is 6.92 Å². The van der Waals surface area contributed by atoms with Crippen molar-refractivity contribution in [2.45, 2.75) is 64.6 Å². The second-order valence-corrected chi connectivity index (χ2v) is 8.19. The highest BCUT2D eigenvalue weighted by Crippen LogP contribution is 2.33. The van der Waals surface area contributed by atoms with Crippen molar-refractivity contribution in [2.75, 3.05) is 24.7 Å². The Kier molecular flexibility index (Phi) is 6.29. The maximum atomic E-state index is 5.99. The Bertz CT molecular complexity index is 531. The molecule has 0 unspecified atom stereocenters. The van der Waals surface area contributed by atoms with Gasteiger partial charge in [0.2, 0.25) is 16.5 Å². The summed E-state index contributed by atoms with van der Waals surface area (Å²) in [4.78, 5) is 14.6. The van der Waals surface area contributed by atoms with Gasteiger partial charge < -0.3 is 15.0 Å². The highest BCUT2D eigenvalue weighted by Gasteiger charge is 2.40. The van der Waals surface area contributed by atoms with Gasteiger partial charge in [-0.2, -0.15) is 15.0 Å². The number of anilines is 1. The molecule has 0 atom stereocenters. The first-order valence-electron chi connectivity index (χ1n) is 8.33. The zero-order chi connectivity index (χ0) is 18.0. The molecule has 0 spiro atoms. The largest absolute Gasteiger partial charge is 0.380 e. The molecule has 1 saturated heterocycles. The lowest BCUT2D eigenvalue weighted by Crippen LogP contribution is -2.62. The van der Waals surface area contributed by atoms with Gasteiger partial charge in [-0.05, 0) is 70.7 Å². The number of rotatable bonds is 6. The van der Waals surface area contributed by atoms with E-state index in [1.54, 1.807) is 0 Å². The number of halogens is 2. The summed E-state index contributed by atoms with van der Waals surface area (Å²) >= 11 is 12.0. The fraction of sp³-hybridized carbons (Fsp3) is 0.812. The van der Waals surface area contributed by atoms with Crippen LogP contribution in [0.1, 0.15) is 47.5 Å². The van der Waals surface area contributed by atoms with Gasteiger partial charge in [0.05, 0.1) is 6.61 Å². The topological polar surface area (TPSA) is 63.2 Å². The van der Waals surface area contributed by atoms with Gasteiger partial charge in [0, 0.05) is 30.3 Å². The highest BCUT2D eigenvalue weighted by molar-refractivity contribution is 6.31. The van der Waals surface area contributed by atoms with Crippen molar-refractivity contribution in [3.05, 3.63) is 10.6 Å². The second kappa shape index (κ2) is 7.68. The molecule has 1 N–H and O–H groups in total. The van der Waals surface area contributed by atoms with Gasteiger partial charge in [0.25, 0.3) is 0 Å². The minimum absolute atomic E-state index is 0.0108. The van der Waals surface area contributed by atoms with Crippen molar-refractivity contribution in [2.24, 2.45) is 0 Å². The molecule has 8 heteroatoms. The third-order valence-electron chi connectivity index (χ3n) is 4.12. The number of ether oxygens (including phenoxy) is 1. The molecule has 1 fully saturated rings. The molecule has 1 aliphatic heterocycles. The van der Waals surface area contributed by atoms with Crippen molar-refractivity contribution in [3.63, 3.8) is 0 Å². The first kappa shape index (κ1) is 19.6. The van der Waals surface area contributed by atoms with Crippen LogP contribution >= 0.6 is 23.2 Å². The first-order valence-corrected chi connectivity index (χ1v) is 9.08. The summed E-state index contributed by atoms with van der Waals surface area (Å²) in [7, 11) is 0. The molecule has 0 radical (unpaired) electrons. The Hall–Kier alpha value is -0.690. The van der Waals surface area contributed by atoms with Gasteiger partial charge in [-0.25, -0.2) is 0 Å². The minimum Gasteiger partial charge on any atom is -0.380 e. The molecule has 1 aromatic heterocycles. The summed E-state index contributed by atoms with van der Waals surface area (Å²) < 4.78 is 5.55. The van der Waals surface area contributed by atoms with Gasteiger partial charge in [-0.1, -0.05) is 0 Å². The van der Waals surface area contributed by atoms with Gasteiger partial charge >= 0.3 is 0 Å². The summed E-state index contributed by atoms with van der Waals surface area (Å²) in [5.74, 6) is 0.512. The lowest BCUT2D eigenvalue weighted by molar-refractivity contribution is 0.134. The Balaban J connectivity index is 2.31. The standard InChI is InChI=1S/C16H27Cl2N5O/c1-6-24-8-7-23(14-20-12(17)19-13(18)21-14)11-9-15(2,3)22-16(4,5)10-11/h11,22H,6-10H2,1-5H3. The Labute approximate surface area is 154 Å². The van der Waals surface area contributed by atoms with Gasteiger partial charge in [0.1, 0.15) is 0 Å². The average molecular weight is 376 g/mol. The zero-order valence-corrected chi connectivity index (χ0v) is 16.6. The SMILES string of the molecule is CCOCCN(c1nc(Cl)nc(Cl)n1)C1CC(C)(C)NC(C)(C)C1. The molecule has 0 aliphatic carbocycles. The zero-order valence-electron chi connectivity index (χ0n) is 15.1. The van der Waals surface area contributed by atoms with Crippen molar-refractivity contribution in [1.29, 1.82) is 0 Å². The van der Waals surface area contributed by atoms with E-state index in [-0.39, 0.29) is 27.7 Å². The molecule has 0 amide bonds. The predicted molar refractivity (Wildman–Crippen MR) is 98.0 cm³/mol. The molecular formula is C16H27Cl2N5O. The van der Waals surface area contributed by atoms with E-state index in [9.17, 15) is 0 Å². The number of piperidine rings is 1. The first-order chi connectivity index (χ1) is 11.1. The molecule has 0 bridgehead atoms. The van der Waals surface area contributed by atoms with E-state index in [0.717, 1.165) is 12.8 Å². The van der Waals surface area contributed by atoms with Gasteiger partial charge in [0.15, 0.2) is 0 Å². The Morgan fingerprint density at radius 1 is 1.08 bits per heavy atom. The predicted octanol–water partition coefficient (Wildman–Crippen LogP) is 3.33. The third-order valence-corrected chi connectivity index (χ3v) is 4.45. The summed E-state index contributed by atoms with van der Waals surface area (Å²) in [6.45, 7) is 12.8. The van der Waals surface area contributed by atoms with Crippen molar-refractivity contribution in [3.8, 4) is 0 Å². The smallest absolute Gasteiger partial charge is 0.231 e. The highest BCUT2D eigenvalue weighted by atomic mass is 35.5. The quantitative estimate of drug-likeness (QED) is 0.769. The summed E-state index contributed by atoms with van der Waals surface area (Å²) in [6.07, 6.45) is 1.92. The average Bonchev–Trinajstić information content (AvgIpc) is 2.38. The number of nitrogens with zero attached hydrogens (tertiary/aromatic N) is 4. The molecule has 0 saturated carbocycles. The summed E-state index contributed by atoms with van der Waals surface area (Å²) in [5.41, 5.74) is 0.0216. The summed E-state index contributed by atoms with van der Waals surface area (Å²) in [6, 6.07) is 0.256. The molecule has 0 aromatic carbocycles. The van der Waals surface area contributed by atoms with E-state index >= 15 is 0 Å². The molecule has 136 valence electrons. The molecule has 2 rings (SSSR count). The number of aromatic nitrogens is 3. The van der Waals surface area contributed by atoms with E-state index in [1.165, 1.54) is 0 Å². The van der Waals surface area contributed by atoms with Gasteiger partial charge in [-0.3, -0.25) is 0 Å². The van der Waals surface area contributed by atoms with E-state index in [0.29, 0.717) is 25.7 Å². The third kappa shape index (κ3) is 5.41. The van der Waals surface area contributed by atoms with Crippen LogP contribution in [0.15, 0.2) is 0 Å². The number of hydrogen-bond acceptors (Lipinski definition) is 6. The van der Waals surface area contributed by atoms with Crippen LogP contribution < -0.4 is 10.2 Å². The van der Waals surface area contributed by atoms with Crippen molar-refractivity contribution in [1.82, 2.24) is 20.3 Å². The van der Waals surface area contributed by atoms with Crippen LogP contribution in [0.2, 0.25) is 10.6 Å². The van der Waals surface area contributed by atoms with E-state index in [2.05, 4.69) is 52.9 Å². The number of hydrogen-bond donors (Lipinski definition) is 1. The van der Waals surface area contributed by atoms with Crippen LogP contribution in [0.3, 0.4) is 0 Å². The Morgan fingerprint density at radius 3 is 2.12 bits per heavy atom. The Morgan fingerprint density at radius 2 is 1.62 bits per heavy atom. The fourth-order valence-corrected chi connectivity index (χ4v) is 4.04. The maximum Gasteiger partial charge on any atom is 0.231 e. The van der Waals surface area contributed by atoms with Crippen LogP contribution in [0.25, 0.3) is 0 Å². The van der Waals surface area contributed by atoms with Crippen LogP contribution in [0.4, 0.5) is 5.95 Å². The van der Waals surface area contributed by atoms with Crippen molar-refractivity contribution < 1.29 is 4.74 Å².